The molecule has 0 spiro atoms. The summed E-state index contributed by atoms with van der Waals surface area (Å²) in [6.07, 6.45) is 5.54. The van der Waals surface area contributed by atoms with E-state index in [9.17, 15) is 5.11 Å². The molecule has 4 rings (SSSR count). The van der Waals surface area contributed by atoms with E-state index in [-0.39, 0.29) is 6.10 Å². The van der Waals surface area contributed by atoms with E-state index in [1.54, 1.807) is 0 Å². The largest absolute Gasteiger partial charge is 0.393 e. The molecule has 3 aromatic rings. The van der Waals surface area contributed by atoms with E-state index >= 15 is 0 Å². The van der Waals surface area contributed by atoms with Crippen LogP contribution in [0.15, 0.2) is 60.9 Å². The summed E-state index contributed by atoms with van der Waals surface area (Å²) in [5.41, 5.74) is 3.70. The third-order valence-corrected chi connectivity index (χ3v) is 4.47. The van der Waals surface area contributed by atoms with Gasteiger partial charge in [0.25, 0.3) is 0 Å². The Hall–Kier alpha value is -2.19. The Bertz CT molecular complexity index is 768. The molecule has 0 aliphatic heterocycles. The van der Waals surface area contributed by atoms with Crippen molar-refractivity contribution in [2.24, 2.45) is 0 Å². The lowest BCUT2D eigenvalue weighted by Crippen LogP contribution is -2.26. The number of aliphatic hydroxyl groups excluding tert-OH is 1. The van der Waals surface area contributed by atoms with Gasteiger partial charge in [0.2, 0.25) is 0 Å². The van der Waals surface area contributed by atoms with Gasteiger partial charge in [-0.1, -0.05) is 48.5 Å². The Morgan fingerprint density at radius 1 is 0.905 bits per heavy atom. The number of aromatic nitrogens is 1. The third-order valence-electron chi connectivity index (χ3n) is 4.47. The summed E-state index contributed by atoms with van der Waals surface area (Å²) < 4.78 is 0. The molecule has 1 saturated carbocycles. The average Bonchev–Trinajstić information content (AvgIpc) is 2.52. The van der Waals surface area contributed by atoms with Gasteiger partial charge < -0.3 is 5.11 Å². The molecule has 0 unspecified atom stereocenters. The SMILES string of the molecule is OC1CC(c2ccc(-c3cncc4ccccc34)cc2)C1. The summed E-state index contributed by atoms with van der Waals surface area (Å²) >= 11 is 0. The first-order chi connectivity index (χ1) is 10.3. The summed E-state index contributed by atoms with van der Waals surface area (Å²) in [7, 11) is 0. The minimum atomic E-state index is -0.100. The molecule has 104 valence electrons. The molecular weight excluding hydrogens is 258 g/mol. The number of hydrogen-bond donors (Lipinski definition) is 1. The second kappa shape index (κ2) is 4.97. The van der Waals surface area contributed by atoms with E-state index in [0.717, 1.165) is 12.8 Å². The topological polar surface area (TPSA) is 33.1 Å². The molecule has 1 fully saturated rings. The zero-order valence-corrected chi connectivity index (χ0v) is 11.7. The van der Waals surface area contributed by atoms with Gasteiger partial charge in [-0.05, 0) is 35.3 Å². The molecule has 0 bridgehead atoms. The molecule has 2 heteroatoms. The number of aliphatic hydroxyl groups is 1. The van der Waals surface area contributed by atoms with Crippen LogP contribution in [-0.2, 0) is 0 Å². The maximum absolute atomic E-state index is 9.42. The number of hydrogen-bond acceptors (Lipinski definition) is 2. The lowest BCUT2D eigenvalue weighted by Gasteiger charge is -2.31. The van der Waals surface area contributed by atoms with Gasteiger partial charge >= 0.3 is 0 Å². The van der Waals surface area contributed by atoms with Crippen molar-refractivity contribution in [3.63, 3.8) is 0 Å². The maximum atomic E-state index is 9.42. The first-order valence-electron chi connectivity index (χ1n) is 7.42. The average molecular weight is 275 g/mol. The van der Waals surface area contributed by atoms with Crippen LogP contribution in [0.4, 0.5) is 0 Å². The maximum Gasteiger partial charge on any atom is 0.0552 e. The predicted octanol–water partition coefficient (Wildman–Crippen LogP) is 4.14. The molecule has 0 amide bonds. The fraction of sp³-hybridized carbons (Fsp3) is 0.211. The van der Waals surface area contributed by atoms with Crippen LogP contribution in [0, 0.1) is 0 Å². The fourth-order valence-corrected chi connectivity index (χ4v) is 3.14. The van der Waals surface area contributed by atoms with E-state index < -0.39 is 0 Å². The molecule has 21 heavy (non-hydrogen) atoms. The van der Waals surface area contributed by atoms with Gasteiger partial charge in [0.15, 0.2) is 0 Å². The van der Waals surface area contributed by atoms with Crippen LogP contribution in [0.3, 0.4) is 0 Å². The van der Waals surface area contributed by atoms with Gasteiger partial charge in [-0.25, -0.2) is 0 Å². The summed E-state index contributed by atoms with van der Waals surface area (Å²) in [4.78, 5) is 4.35. The minimum absolute atomic E-state index is 0.100. The van der Waals surface area contributed by atoms with Crippen LogP contribution < -0.4 is 0 Å². The molecule has 1 heterocycles. The van der Waals surface area contributed by atoms with Crippen molar-refractivity contribution in [3.8, 4) is 11.1 Å². The monoisotopic (exact) mass is 275 g/mol. The van der Waals surface area contributed by atoms with E-state index in [1.807, 2.05) is 18.5 Å². The number of fused-ring (bicyclic) bond motifs is 1. The van der Waals surface area contributed by atoms with Crippen molar-refractivity contribution >= 4 is 10.8 Å². The second-order valence-corrected chi connectivity index (χ2v) is 5.85. The molecule has 2 nitrogen and oxygen atoms in total. The summed E-state index contributed by atoms with van der Waals surface area (Å²) in [6.45, 7) is 0. The van der Waals surface area contributed by atoms with Gasteiger partial charge in [0, 0.05) is 23.3 Å². The molecule has 1 aliphatic rings. The van der Waals surface area contributed by atoms with Crippen LogP contribution in [0.1, 0.15) is 24.3 Å². The second-order valence-electron chi connectivity index (χ2n) is 5.85. The number of rotatable bonds is 2. The summed E-state index contributed by atoms with van der Waals surface area (Å²) in [5.74, 6) is 0.527. The first-order valence-corrected chi connectivity index (χ1v) is 7.42. The van der Waals surface area contributed by atoms with Crippen molar-refractivity contribution in [1.29, 1.82) is 0 Å². The Morgan fingerprint density at radius 2 is 1.67 bits per heavy atom. The van der Waals surface area contributed by atoms with Crippen LogP contribution in [0.25, 0.3) is 21.9 Å². The third kappa shape index (κ3) is 2.22. The lowest BCUT2D eigenvalue weighted by atomic mass is 9.77. The summed E-state index contributed by atoms with van der Waals surface area (Å²) in [5, 5.41) is 11.8. The van der Waals surface area contributed by atoms with E-state index in [1.165, 1.54) is 27.5 Å². The predicted molar refractivity (Wildman–Crippen MR) is 85.2 cm³/mol. The molecule has 1 N–H and O–H groups in total. The highest BCUT2D eigenvalue weighted by Crippen LogP contribution is 2.37. The molecular formula is C19H17NO. The summed E-state index contributed by atoms with van der Waals surface area (Å²) in [6, 6.07) is 17.1. The molecule has 1 aliphatic carbocycles. The Labute approximate surface area is 124 Å². The number of benzene rings is 2. The van der Waals surface area contributed by atoms with Crippen molar-refractivity contribution in [2.75, 3.05) is 0 Å². The quantitative estimate of drug-likeness (QED) is 0.762. The molecule has 0 atom stereocenters. The number of pyridine rings is 1. The highest BCUT2D eigenvalue weighted by atomic mass is 16.3. The van der Waals surface area contributed by atoms with Crippen LogP contribution >= 0.6 is 0 Å². The van der Waals surface area contributed by atoms with Crippen molar-refractivity contribution in [2.45, 2.75) is 24.9 Å². The van der Waals surface area contributed by atoms with Gasteiger partial charge in [-0.3, -0.25) is 4.98 Å². The van der Waals surface area contributed by atoms with E-state index in [0.29, 0.717) is 5.92 Å². The highest BCUT2D eigenvalue weighted by Gasteiger charge is 2.28. The van der Waals surface area contributed by atoms with Gasteiger partial charge in [0.1, 0.15) is 0 Å². The first kappa shape index (κ1) is 12.5. The van der Waals surface area contributed by atoms with Gasteiger partial charge in [-0.2, -0.15) is 0 Å². The zero-order valence-electron chi connectivity index (χ0n) is 11.7. The molecule has 1 aromatic heterocycles. The van der Waals surface area contributed by atoms with Crippen molar-refractivity contribution in [3.05, 3.63) is 66.5 Å². The highest BCUT2D eigenvalue weighted by molar-refractivity contribution is 5.95. The molecule has 2 aromatic carbocycles. The van der Waals surface area contributed by atoms with Crippen molar-refractivity contribution < 1.29 is 5.11 Å². The van der Waals surface area contributed by atoms with E-state index in [2.05, 4.69) is 47.4 Å². The number of nitrogens with zero attached hydrogens (tertiary/aromatic N) is 1. The van der Waals surface area contributed by atoms with Crippen LogP contribution in [0.5, 0.6) is 0 Å². The standard InChI is InChI=1S/C19H17NO/c21-17-9-16(10-17)13-5-7-14(8-6-13)19-12-20-11-15-3-1-2-4-18(15)19/h1-8,11-12,16-17,21H,9-10H2. The minimum Gasteiger partial charge on any atom is -0.393 e. The van der Waals surface area contributed by atoms with Gasteiger partial charge in [-0.15, -0.1) is 0 Å². The Morgan fingerprint density at radius 3 is 2.43 bits per heavy atom. The smallest absolute Gasteiger partial charge is 0.0552 e. The van der Waals surface area contributed by atoms with E-state index in [4.69, 9.17) is 0 Å². The molecule has 0 radical (unpaired) electrons. The van der Waals surface area contributed by atoms with Crippen LogP contribution in [-0.4, -0.2) is 16.2 Å². The van der Waals surface area contributed by atoms with Crippen LogP contribution in [0.2, 0.25) is 0 Å². The van der Waals surface area contributed by atoms with Crippen molar-refractivity contribution in [1.82, 2.24) is 4.98 Å². The normalized spacial score (nSPS) is 21.2. The lowest BCUT2D eigenvalue weighted by molar-refractivity contribution is 0.0746. The fourth-order valence-electron chi connectivity index (χ4n) is 3.14. The molecule has 0 saturated heterocycles. The zero-order chi connectivity index (χ0) is 14.2. The Kier molecular flexibility index (Phi) is 2.97. The Balaban J connectivity index is 1.72. The van der Waals surface area contributed by atoms with Gasteiger partial charge in [0.05, 0.1) is 6.10 Å².